The summed E-state index contributed by atoms with van der Waals surface area (Å²) in [4.78, 5) is 0. The van der Waals surface area contributed by atoms with Crippen LogP contribution in [0.15, 0.2) is 24.3 Å². The average Bonchev–Trinajstić information content (AvgIpc) is 1.90. The van der Waals surface area contributed by atoms with Crippen LogP contribution in [-0.4, -0.2) is 5.33 Å². The second-order valence-corrected chi connectivity index (χ2v) is 2.61. The Morgan fingerprint density at radius 2 is 2.38 bits per heavy atom. The predicted molar refractivity (Wildman–Crippen MR) is 40.2 cm³/mol. The number of rotatable bonds is 1. The summed E-state index contributed by atoms with van der Waals surface area (Å²) >= 11 is 3.43. The van der Waals surface area contributed by atoms with Gasteiger partial charge in [0, 0.05) is 5.33 Å². The van der Waals surface area contributed by atoms with Gasteiger partial charge in [0.05, 0.1) is 0 Å². The highest BCUT2D eigenvalue weighted by molar-refractivity contribution is 9.09. The molecule has 0 spiro atoms. The van der Waals surface area contributed by atoms with E-state index in [0.29, 0.717) is 0 Å². The van der Waals surface area contributed by atoms with Crippen molar-refractivity contribution in [1.29, 1.82) is 0 Å². The first-order valence-electron chi connectivity index (χ1n) is 2.83. The number of hydrogen-bond donors (Lipinski definition) is 0. The minimum absolute atomic E-state index is 0.736. The molecule has 1 rings (SSSR count). The maximum atomic E-state index is 3.43. The van der Waals surface area contributed by atoms with Gasteiger partial charge < -0.3 is 0 Å². The molecule has 0 aromatic rings. The molecular weight excluding hydrogens is 164 g/mol. The van der Waals surface area contributed by atoms with Gasteiger partial charge in [-0.05, 0) is 12.3 Å². The summed E-state index contributed by atoms with van der Waals surface area (Å²) in [5.74, 6) is 0.736. The molecule has 1 aliphatic carbocycles. The van der Waals surface area contributed by atoms with Crippen molar-refractivity contribution < 1.29 is 0 Å². The van der Waals surface area contributed by atoms with Crippen LogP contribution in [0.4, 0.5) is 0 Å². The van der Waals surface area contributed by atoms with Gasteiger partial charge in [0.1, 0.15) is 0 Å². The lowest BCUT2D eigenvalue weighted by Gasteiger charge is -2.06. The van der Waals surface area contributed by atoms with Gasteiger partial charge in [0.25, 0.3) is 0 Å². The first-order chi connectivity index (χ1) is 3.93. The van der Waals surface area contributed by atoms with E-state index in [-0.39, 0.29) is 0 Å². The van der Waals surface area contributed by atoms with Crippen LogP contribution in [0.1, 0.15) is 6.42 Å². The fourth-order valence-electron chi connectivity index (χ4n) is 0.746. The van der Waals surface area contributed by atoms with Crippen LogP contribution in [0.3, 0.4) is 0 Å². The maximum absolute atomic E-state index is 3.43. The molecule has 0 heterocycles. The molecule has 0 saturated heterocycles. The van der Waals surface area contributed by atoms with Gasteiger partial charge in [-0.3, -0.25) is 0 Å². The fourth-order valence-corrected chi connectivity index (χ4v) is 1.23. The van der Waals surface area contributed by atoms with Gasteiger partial charge in [-0.25, -0.2) is 0 Å². The Morgan fingerprint density at radius 3 is 2.75 bits per heavy atom. The van der Waals surface area contributed by atoms with E-state index in [2.05, 4.69) is 40.2 Å². The molecule has 0 aromatic heterocycles. The largest absolute Gasteiger partial charge is 0.0922 e. The van der Waals surface area contributed by atoms with E-state index in [1.54, 1.807) is 0 Å². The smallest absolute Gasteiger partial charge is 0.00973 e. The summed E-state index contributed by atoms with van der Waals surface area (Å²) in [5, 5.41) is 1.09. The molecule has 0 amide bonds. The summed E-state index contributed by atoms with van der Waals surface area (Å²) in [5.41, 5.74) is 0. The third-order valence-corrected chi connectivity index (χ3v) is 2.10. The second-order valence-electron chi connectivity index (χ2n) is 1.96. The molecule has 0 N–H and O–H groups in total. The van der Waals surface area contributed by atoms with E-state index >= 15 is 0 Å². The molecule has 0 aromatic carbocycles. The number of hydrogen-bond acceptors (Lipinski definition) is 0. The highest BCUT2D eigenvalue weighted by Gasteiger charge is 2.00. The third-order valence-electron chi connectivity index (χ3n) is 1.27. The van der Waals surface area contributed by atoms with Crippen molar-refractivity contribution in [2.75, 3.05) is 5.33 Å². The number of halogens is 1. The lowest BCUT2D eigenvalue weighted by atomic mass is 10.0. The fraction of sp³-hybridized carbons (Fsp3) is 0.429. The molecule has 44 valence electrons. The highest BCUT2D eigenvalue weighted by atomic mass is 79.9. The molecule has 1 heteroatoms. The number of alkyl halides is 1. The summed E-state index contributed by atoms with van der Waals surface area (Å²) < 4.78 is 0. The Labute approximate surface area is 58.4 Å². The van der Waals surface area contributed by atoms with Gasteiger partial charge >= 0.3 is 0 Å². The van der Waals surface area contributed by atoms with Gasteiger partial charge in [-0.15, -0.1) is 0 Å². The van der Waals surface area contributed by atoms with Gasteiger partial charge in [-0.2, -0.15) is 0 Å². The number of allylic oxidation sites excluding steroid dienone is 4. The van der Waals surface area contributed by atoms with Crippen LogP contribution in [0, 0.1) is 5.92 Å². The van der Waals surface area contributed by atoms with Gasteiger partial charge in [-0.1, -0.05) is 40.2 Å². The van der Waals surface area contributed by atoms with E-state index in [0.717, 1.165) is 11.2 Å². The molecule has 1 aliphatic rings. The van der Waals surface area contributed by atoms with Crippen LogP contribution in [0.2, 0.25) is 0 Å². The average molecular weight is 173 g/mol. The van der Waals surface area contributed by atoms with Gasteiger partial charge in [0.2, 0.25) is 0 Å². The molecule has 0 saturated carbocycles. The summed E-state index contributed by atoms with van der Waals surface area (Å²) in [7, 11) is 0. The highest BCUT2D eigenvalue weighted by Crippen LogP contribution is 2.12. The van der Waals surface area contributed by atoms with Crippen LogP contribution < -0.4 is 0 Å². The molecule has 0 radical (unpaired) electrons. The Bertz CT molecular complexity index is 114. The zero-order valence-corrected chi connectivity index (χ0v) is 6.26. The van der Waals surface area contributed by atoms with E-state index in [1.165, 1.54) is 6.42 Å². The zero-order valence-electron chi connectivity index (χ0n) is 4.68. The topological polar surface area (TPSA) is 0 Å². The van der Waals surface area contributed by atoms with Crippen molar-refractivity contribution in [3.8, 4) is 0 Å². The van der Waals surface area contributed by atoms with E-state index < -0.39 is 0 Å². The summed E-state index contributed by atoms with van der Waals surface area (Å²) in [6, 6.07) is 0. The lowest BCUT2D eigenvalue weighted by Crippen LogP contribution is -1.96. The molecule has 0 nitrogen and oxygen atoms in total. The molecule has 0 bridgehead atoms. The predicted octanol–water partition coefficient (Wildman–Crippen LogP) is 2.51. The lowest BCUT2D eigenvalue weighted by molar-refractivity contribution is 0.755. The standard InChI is InChI=1S/C7H9Br/c8-6-7-4-2-1-3-5-7/h1-4,7H,5-6H2. The van der Waals surface area contributed by atoms with Crippen molar-refractivity contribution in [2.45, 2.75) is 6.42 Å². The van der Waals surface area contributed by atoms with Gasteiger partial charge in [0.15, 0.2) is 0 Å². The molecular formula is C7H9Br. The van der Waals surface area contributed by atoms with Crippen molar-refractivity contribution in [2.24, 2.45) is 5.92 Å². The van der Waals surface area contributed by atoms with Crippen LogP contribution in [0.5, 0.6) is 0 Å². The van der Waals surface area contributed by atoms with Crippen LogP contribution in [0.25, 0.3) is 0 Å². The second kappa shape index (κ2) is 3.08. The first-order valence-corrected chi connectivity index (χ1v) is 3.95. The minimum atomic E-state index is 0.736. The first kappa shape index (κ1) is 6.09. The Morgan fingerprint density at radius 1 is 1.50 bits per heavy atom. The summed E-state index contributed by atoms with van der Waals surface area (Å²) in [6.07, 6.45) is 9.83. The zero-order chi connectivity index (χ0) is 5.82. The molecule has 0 fully saturated rings. The van der Waals surface area contributed by atoms with Crippen molar-refractivity contribution in [1.82, 2.24) is 0 Å². The Balaban J connectivity index is 2.40. The van der Waals surface area contributed by atoms with Crippen molar-refractivity contribution in [3.05, 3.63) is 24.3 Å². The maximum Gasteiger partial charge on any atom is 0.00973 e. The Kier molecular flexibility index (Phi) is 2.34. The molecule has 1 atom stereocenters. The van der Waals surface area contributed by atoms with Crippen molar-refractivity contribution in [3.63, 3.8) is 0 Å². The van der Waals surface area contributed by atoms with E-state index in [9.17, 15) is 0 Å². The normalized spacial score (nSPS) is 26.4. The quantitative estimate of drug-likeness (QED) is 0.534. The third kappa shape index (κ3) is 1.48. The molecule has 8 heavy (non-hydrogen) atoms. The van der Waals surface area contributed by atoms with Crippen LogP contribution >= 0.6 is 15.9 Å². The van der Waals surface area contributed by atoms with E-state index in [4.69, 9.17) is 0 Å². The SMILES string of the molecule is BrCC1C=CC=CC1. The van der Waals surface area contributed by atoms with Crippen molar-refractivity contribution >= 4 is 15.9 Å². The summed E-state index contributed by atoms with van der Waals surface area (Å²) in [6.45, 7) is 0. The van der Waals surface area contributed by atoms with E-state index in [1.807, 2.05) is 0 Å². The Hall–Kier alpha value is -0.0400. The minimum Gasteiger partial charge on any atom is -0.0922 e. The molecule has 0 aliphatic heterocycles. The molecule has 1 unspecified atom stereocenters. The monoisotopic (exact) mass is 172 g/mol. The van der Waals surface area contributed by atoms with Crippen LogP contribution in [-0.2, 0) is 0 Å².